The summed E-state index contributed by atoms with van der Waals surface area (Å²) in [4.78, 5) is 18.2. The quantitative estimate of drug-likeness (QED) is 0.591. The molecular formula is C15H14ClNO5. The summed E-state index contributed by atoms with van der Waals surface area (Å²) in [6, 6.07) is 14.9. The zero-order valence-electron chi connectivity index (χ0n) is 11.4. The van der Waals surface area contributed by atoms with E-state index in [-0.39, 0.29) is 0 Å². The van der Waals surface area contributed by atoms with Crippen molar-refractivity contribution in [3.8, 4) is 5.75 Å². The molecule has 0 radical (unpaired) electrons. The zero-order chi connectivity index (χ0) is 16.5. The molecule has 0 spiro atoms. The molecule has 0 heterocycles. The minimum Gasteiger partial charge on any atom is -0.489 e. The van der Waals surface area contributed by atoms with Crippen LogP contribution in [-0.4, -0.2) is 22.2 Å². The highest BCUT2D eigenvalue weighted by atomic mass is 35.5. The van der Waals surface area contributed by atoms with Crippen LogP contribution in [0.4, 0.5) is 5.69 Å². The number of benzene rings is 2. The summed E-state index contributed by atoms with van der Waals surface area (Å²) in [6.45, 7) is 0.462. The lowest BCUT2D eigenvalue weighted by molar-refractivity contribution is -0.159. The third kappa shape index (κ3) is 6.15. The number of rotatable bonds is 3. The molecule has 22 heavy (non-hydrogen) atoms. The van der Waals surface area contributed by atoms with Crippen molar-refractivity contribution < 1.29 is 24.5 Å². The predicted octanol–water partition coefficient (Wildman–Crippen LogP) is 2.66. The first-order chi connectivity index (χ1) is 10.4. The average Bonchev–Trinajstić information content (AvgIpc) is 2.48. The predicted molar refractivity (Wildman–Crippen MR) is 81.9 cm³/mol. The van der Waals surface area contributed by atoms with Crippen LogP contribution >= 0.6 is 11.6 Å². The molecule has 2 aromatic rings. The Balaban J connectivity index is 0.000000346. The zero-order valence-corrected chi connectivity index (χ0v) is 12.2. The van der Waals surface area contributed by atoms with Gasteiger partial charge in [0.25, 0.3) is 0 Å². The maximum atomic E-state index is 9.10. The summed E-state index contributed by atoms with van der Waals surface area (Å²) < 4.78 is 5.59. The molecule has 2 rings (SSSR count). The minimum absolute atomic E-state index is 0.462. The molecule has 116 valence electrons. The molecule has 0 aliphatic carbocycles. The first kappa shape index (κ1) is 17.3. The summed E-state index contributed by atoms with van der Waals surface area (Å²) >= 11 is 6.02. The van der Waals surface area contributed by atoms with E-state index in [2.05, 4.69) is 0 Å². The van der Waals surface area contributed by atoms with Gasteiger partial charge in [-0.25, -0.2) is 9.59 Å². The Hall–Kier alpha value is -2.73. The van der Waals surface area contributed by atoms with Crippen LogP contribution in [0, 0.1) is 0 Å². The summed E-state index contributed by atoms with van der Waals surface area (Å²) in [5.74, 6) is -2.86. The van der Waals surface area contributed by atoms with Crippen LogP contribution < -0.4 is 10.5 Å². The Kier molecular flexibility index (Phi) is 6.72. The van der Waals surface area contributed by atoms with Gasteiger partial charge in [-0.15, -0.1) is 0 Å². The highest BCUT2D eigenvalue weighted by Crippen LogP contribution is 2.19. The van der Waals surface area contributed by atoms with Gasteiger partial charge < -0.3 is 20.7 Å². The second-order valence-corrected chi connectivity index (χ2v) is 4.47. The molecule has 0 saturated heterocycles. The van der Waals surface area contributed by atoms with Gasteiger partial charge in [-0.05, 0) is 30.3 Å². The summed E-state index contributed by atoms with van der Waals surface area (Å²) in [5, 5.41) is 15.5. The van der Waals surface area contributed by atoms with E-state index in [1.807, 2.05) is 48.5 Å². The van der Waals surface area contributed by atoms with Gasteiger partial charge in [0, 0.05) is 16.3 Å². The Bertz CT molecular complexity index is 631. The molecule has 0 saturated carbocycles. The number of carbonyl (C=O) groups is 2. The fourth-order valence-corrected chi connectivity index (χ4v) is 1.53. The molecule has 6 nitrogen and oxygen atoms in total. The van der Waals surface area contributed by atoms with Crippen molar-refractivity contribution >= 4 is 29.2 Å². The lowest BCUT2D eigenvalue weighted by atomic mass is 10.2. The Labute approximate surface area is 131 Å². The fraction of sp³-hybridized carbons (Fsp3) is 0.0667. The van der Waals surface area contributed by atoms with Gasteiger partial charge in [0.1, 0.15) is 12.4 Å². The molecular weight excluding hydrogens is 310 g/mol. The molecule has 0 aromatic heterocycles. The van der Waals surface area contributed by atoms with Crippen LogP contribution in [0.3, 0.4) is 0 Å². The third-order valence-corrected chi connectivity index (χ3v) is 2.78. The summed E-state index contributed by atoms with van der Waals surface area (Å²) in [5.41, 5.74) is 7.28. The van der Waals surface area contributed by atoms with Gasteiger partial charge in [0.15, 0.2) is 0 Å². The van der Waals surface area contributed by atoms with Crippen molar-refractivity contribution in [3.05, 3.63) is 59.1 Å². The van der Waals surface area contributed by atoms with E-state index in [0.29, 0.717) is 6.61 Å². The number of aliphatic carboxylic acids is 2. The SMILES string of the molecule is Nc1ccc(OCc2ccccc2Cl)cc1.O=C(O)C(=O)O. The Morgan fingerprint density at radius 2 is 1.55 bits per heavy atom. The number of ether oxygens (including phenoxy) is 1. The largest absolute Gasteiger partial charge is 0.489 e. The number of carboxylic acid groups (broad SMARTS) is 2. The molecule has 0 bridgehead atoms. The van der Waals surface area contributed by atoms with Crippen molar-refractivity contribution in [1.82, 2.24) is 0 Å². The molecule has 0 aliphatic heterocycles. The topological polar surface area (TPSA) is 110 Å². The highest BCUT2D eigenvalue weighted by molar-refractivity contribution is 6.31. The normalized spacial score (nSPS) is 9.32. The monoisotopic (exact) mass is 323 g/mol. The number of nitrogens with two attached hydrogens (primary N) is 1. The lowest BCUT2D eigenvalue weighted by Gasteiger charge is -2.07. The molecule has 0 fully saturated rings. The number of halogens is 1. The Morgan fingerprint density at radius 1 is 1.00 bits per heavy atom. The van der Waals surface area contributed by atoms with E-state index in [0.717, 1.165) is 22.0 Å². The maximum absolute atomic E-state index is 9.10. The molecule has 0 atom stereocenters. The van der Waals surface area contributed by atoms with E-state index in [1.165, 1.54) is 0 Å². The van der Waals surface area contributed by atoms with Crippen molar-refractivity contribution in [3.63, 3.8) is 0 Å². The van der Waals surface area contributed by atoms with Crippen LogP contribution in [0.1, 0.15) is 5.56 Å². The van der Waals surface area contributed by atoms with Crippen LogP contribution in [0.5, 0.6) is 5.75 Å². The molecule has 0 unspecified atom stereocenters. The first-order valence-corrected chi connectivity index (χ1v) is 6.46. The average molecular weight is 324 g/mol. The second-order valence-electron chi connectivity index (χ2n) is 4.06. The third-order valence-electron chi connectivity index (χ3n) is 2.42. The smallest absolute Gasteiger partial charge is 0.414 e. The van der Waals surface area contributed by atoms with Crippen LogP contribution in [-0.2, 0) is 16.2 Å². The van der Waals surface area contributed by atoms with E-state index >= 15 is 0 Å². The number of hydrogen-bond donors (Lipinski definition) is 3. The van der Waals surface area contributed by atoms with E-state index in [1.54, 1.807) is 0 Å². The van der Waals surface area contributed by atoms with Gasteiger partial charge in [0.05, 0.1) is 0 Å². The highest BCUT2D eigenvalue weighted by Gasteiger charge is 2.04. The first-order valence-electron chi connectivity index (χ1n) is 6.08. The molecule has 7 heteroatoms. The van der Waals surface area contributed by atoms with Gasteiger partial charge in [-0.2, -0.15) is 0 Å². The van der Waals surface area contributed by atoms with E-state index < -0.39 is 11.9 Å². The van der Waals surface area contributed by atoms with E-state index in [9.17, 15) is 0 Å². The van der Waals surface area contributed by atoms with Crippen molar-refractivity contribution in [1.29, 1.82) is 0 Å². The van der Waals surface area contributed by atoms with Gasteiger partial charge in [-0.1, -0.05) is 29.8 Å². The number of anilines is 1. The number of carboxylic acids is 2. The van der Waals surface area contributed by atoms with Crippen molar-refractivity contribution in [2.45, 2.75) is 6.61 Å². The summed E-state index contributed by atoms with van der Waals surface area (Å²) in [6.07, 6.45) is 0. The number of hydrogen-bond acceptors (Lipinski definition) is 4. The molecule has 2 aromatic carbocycles. The van der Waals surface area contributed by atoms with Gasteiger partial charge in [0.2, 0.25) is 0 Å². The van der Waals surface area contributed by atoms with Gasteiger partial charge >= 0.3 is 11.9 Å². The summed E-state index contributed by atoms with van der Waals surface area (Å²) in [7, 11) is 0. The van der Waals surface area contributed by atoms with Crippen molar-refractivity contribution in [2.75, 3.05) is 5.73 Å². The molecule has 4 N–H and O–H groups in total. The maximum Gasteiger partial charge on any atom is 0.414 e. The van der Waals surface area contributed by atoms with Crippen LogP contribution in [0.2, 0.25) is 5.02 Å². The fourth-order valence-electron chi connectivity index (χ4n) is 1.34. The van der Waals surface area contributed by atoms with Crippen LogP contribution in [0.25, 0.3) is 0 Å². The van der Waals surface area contributed by atoms with Gasteiger partial charge in [-0.3, -0.25) is 0 Å². The second kappa shape index (κ2) is 8.53. The minimum atomic E-state index is -1.82. The Morgan fingerprint density at radius 3 is 2.05 bits per heavy atom. The number of nitrogen functional groups attached to an aromatic ring is 1. The molecule has 0 aliphatic rings. The van der Waals surface area contributed by atoms with E-state index in [4.69, 9.17) is 41.9 Å². The lowest BCUT2D eigenvalue weighted by Crippen LogP contribution is -2.09. The van der Waals surface area contributed by atoms with Crippen LogP contribution in [0.15, 0.2) is 48.5 Å². The van der Waals surface area contributed by atoms with Crippen molar-refractivity contribution in [2.24, 2.45) is 0 Å². The molecule has 0 amide bonds. The standard InChI is InChI=1S/C13H12ClNO.C2H2O4/c14-13-4-2-1-3-10(13)9-16-12-7-5-11(15)6-8-12;3-1(4)2(5)6/h1-8H,9,15H2;(H,3,4)(H,5,6).